The van der Waals surface area contributed by atoms with Gasteiger partial charge in [0.25, 0.3) is 0 Å². The number of carbonyl (C=O) groups excluding carboxylic acids is 1. The van der Waals surface area contributed by atoms with Gasteiger partial charge in [0, 0.05) is 5.56 Å². The fourth-order valence-electron chi connectivity index (χ4n) is 1.35. The quantitative estimate of drug-likeness (QED) is 0.476. The molecular weight excluding hydrogens is 238 g/mol. The van der Waals surface area contributed by atoms with Crippen molar-refractivity contribution in [1.82, 2.24) is 5.32 Å². The molecule has 1 aromatic carbocycles. The molecule has 1 rings (SSSR count). The van der Waals surface area contributed by atoms with E-state index in [1.165, 1.54) is 12.1 Å². The lowest BCUT2D eigenvalue weighted by molar-refractivity contribution is 0.0991. The molecule has 0 aromatic heterocycles. The molecule has 0 spiro atoms. The molecule has 0 heterocycles. The van der Waals surface area contributed by atoms with Gasteiger partial charge in [-0.3, -0.25) is 4.79 Å². The van der Waals surface area contributed by atoms with E-state index in [0.29, 0.717) is 5.56 Å². The van der Waals surface area contributed by atoms with Crippen molar-refractivity contribution < 1.29 is 4.79 Å². The molecule has 0 aliphatic heterocycles. The lowest BCUT2D eigenvalue weighted by Gasteiger charge is -2.06. The zero-order valence-corrected chi connectivity index (χ0v) is 10.3. The number of Topliss-reactive ketones (excluding diaryl/α,β-unsaturated/α-hetero) is 1. The second-order valence-corrected chi connectivity index (χ2v) is 4.04. The van der Waals surface area contributed by atoms with Gasteiger partial charge in [0.15, 0.2) is 5.78 Å². The van der Waals surface area contributed by atoms with Gasteiger partial charge in [0.1, 0.15) is 6.07 Å². The highest BCUT2D eigenvalue weighted by Crippen LogP contribution is 2.24. The summed E-state index contributed by atoms with van der Waals surface area (Å²) in [6, 6.07) is 4.88. The number of hydrogen-bond donors (Lipinski definition) is 2. The van der Waals surface area contributed by atoms with Crippen LogP contribution in [-0.4, -0.2) is 18.9 Å². The topological polar surface area (TPSA) is 78.9 Å². The van der Waals surface area contributed by atoms with E-state index in [1.54, 1.807) is 0 Å². The van der Waals surface area contributed by atoms with Crippen LogP contribution in [0.4, 0.5) is 5.69 Å². The van der Waals surface area contributed by atoms with E-state index in [0.717, 1.165) is 13.0 Å². The number of halogens is 1. The van der Waals surface area contributed by atoms with Crippen LogP contribution >= 0.6 is 11.6 Å². The highest BCUT2D eigenvalue weighted by molar-refractivity contribution is 6.33. The van der Waals surface area contributed by atoms with Gasteiger partial charge < -0.3 is 11.1 Å². The molecule has 1 aromatic rings. The average molecular weight is 252 g/mol. The van der Waals surface area contributed by atoms with Crippen molar-refractivity contribution in [3.8, 4) is 6.07 Å². The second-order valence-electron chi connectivity index (χ2n) is 3.63. The summed E-state index contributed by atoms with van der Waals surface area (Å²) in [4.78, 5) is 11.8. The SMILES string of the molecule is CCCNCC(=O)c1cc(Cl)c(N)c(C#N)c1. The van der Waals surface area contributed by atoms with Crippen LogP contribution in [0, 0.1) is 11.3 Å². The standard InChI is InChI=1S/C12H14ClN3O/c1-2-3-16-7-11(17)8-4-9(6-14)12(15)10(13)5-8/h4-5,16H,2-3,7,15H2,1H3. The number of benzene rings is 1. The molecule has 0 bridgehead atoms. The van der Waals surface area contributed by atoms with Crippen LogP contribution in [0.2, 0.25) is 5.02 Å². The third-order valence-electron chi connectivity index (χ3n) is 2.28. The fraction of sp³-hybridized carbons (Fsp3) is 0.333. The summed E-state index contributed by atoms with van der Waals surface area (Å²) in [6.45, 7) is 3.03. The molecule has 0 aliphatic carbocycles. The van der Waals surface area contributed by atoms with Crippen LogP contribution in [0.5, 0.6) is 0 Å². The average Bonchev–Trinajstić information content (AvgIpc) is 2.32. The van der Waals surface area contributed by atoms with E-state index >= 15 is 0 Å². The summed E-state index contributed by atoms with van der Waals surface area (Å²) in [5.41, 5.74) is 6.46. The number of anilines is 1. The molecular formula is C12H14ClN3O. The lowest BCUT2D eigenvalue weighted by atomic mass is 10.1. The minimum absolute atomic E-state index is 0.100. The summed E-state index contributed by atoms with van der Waals surface area (Å²) in [5, 5.41) is 12.1. The number of hydrogen-bond acceptors (Lipinski definition) is 4. The zero-order chi connectivity index (χ0) is 12.8. The first-order valence-corrected chi connectivity index (χ1v) is 5.71. The van der Waals surface area contributed by atoms with Crippen molar-refractivity contribution in [2.24, 2.45) is 0 Å². The van der Waals surface area contributed by atoms with Crippen LogP contribution in [0.15, 0.2) is 12.1 Å². The molecule has 0 atom stereocenters. The molecule has 4 nitrogen and oxygen atoms in total. The number of nitrogens with two attached hydrogens (primary N) is 1. The van der Waals surface area contributed by atoms with E-state index in [-0.39, 0.29) is 28.6 Å². The highest BCUT2D eigenvalue weighted by Gasteiger charge is 2.11. The first kappa shape index (κ1) is 13.5. The largest absolute Gasteiger partial charge is 0.396 e. The van der Waals surface area contributed by atoms with Gasteiger partial charge in [0.2, 0.25) is 0 Å². The van der Waals surface area contributed by atoms with E-state index in [9.17, 15) is 4.79 Å². The lowest BCUT2D eigenvalue weighted by Crippen LogP contribution is -2.23. The van der Waals surface area contributed by atoms with E-state index in [2.05, 4.69) is 5.32 Å². The van der Waals surface area contributed by atoms with Crippen molar-refractivity contribution in [3.05, 3.63) is 28.3 Å². The summed E-state index contributed by atoms with van der Waals surface area (Å²) in [6.07, 6.45) is 0.958. The van der Waals surface area contributed by atoms with Gasteiger partial charge in [-0.2, -0.15) is 5.26 Å². The van der Waals surface area contributed by atoms with Crippen LogP contribution in [-0.2, 0) is 0 Å². The number of rotatable bonds is 5. The van der Waals surface area contributed by atoms with E-state index in [1.807, 2.05) is 13.0 Å². The summed E-state index contributed by atoms with van der Waals surface area (Å²) in [7, 11) is 0. The molecule has 0 fully saturated rings. The number of ketones is 1. The van der Waals surface area contributed by atoms with Gasteiger partial charge in [-0.1, -0.05) is 18.5 Å². The number of nitriles is 1. The molecule has 17 heavy (non-hydrogen) atoms. The molecule has 0 amide bonds. The summed E-state index contributed by atoms with van der Waals surface area (Å²) < 4.78 is 0. The predicted octanol–water partition coefficient (Wildman–Crippen LogP) is 1.98. The first-order chi connectivity index (χ1) is 8.10. The maximum absolute atomic E-state index is 11.8. The molecule has 0 saturated carbocycles. The Hall–Kier alpha value is -1.57. The van der Waals surface area contributed by atoms with Gasteiger partial charge >= 0.3 is 0 Å². The zero-order valence-electron chi connectivity index (χ0n) is 9.59. The Morgan fingerprint density at radius 2 is 2.29 bits per heavy atom. The smallest absolute Gasteiger partial charge is 0.176 e. The van der Waals surface area contributed by atoms with Gasteiger partial charge in [0.05, 0.1) is 22.8 Å². The van der Waals surface area contributed by atoms with Crippen molar-refractivity contribution in [1.29, 1.82) is 5.26 Å². The molecule has 0 aliphatic rings. The number of nitrogen functional groups attached to an aromatic ring is 1. The minimum Gasteiger partial charge on any atom is -0.396 e. The molecule has 5 heteroatoms. The molecule has 90 valence electrons. The van der Waals surface area contributed by atoms with E-state index in [4.69, 9.17) is 22.6 Å². The minimum atomic E-state index is -0.100. The van der Waals surface area contributed by atoms with Crippen molar-refractivity contribution in [2.75, 3.05) is 18.8 Å². The summed E-state index contributed by atoms with van der Waals surface area (Å²) in [5.74, 6) is -0.100. The van der Waals surface area contributed by atoms with Crippen molar-refractivity contribution in [3.63, 3.8) is 0 Å². The monoisotopic (exact) mass is 251 g/mol. The highest BCUT2D eigenvalue weighted by atomic mass is 35.5. The van der Waals surface area contributed by atoms with E-state index < -0.39 is 0 Å². The van der Waals surface area contributed by atoms with Crippen molar-refractivity contribution in [2.45, 2.75) is 13.3 Å². The molecule has 0 radical (unpaired) electrons. The maximum Gasteiger partial charge on any atom is 0.176 e. The third-order valence-corrected chi connectivity index (χ3v) is 2.60. The second kappa shape index (κ2) is 6.24. The number of nitrogens with zero attached hydrogens (tertiary/aromatic N) is 1. The van der Waals surface area contributed by atoms with Crippen LogP contribution in [0.1, 0.15) is 29.3 Å². The van der Waals surface area contributed by atoms with Crippen LogP contribution in [0.3, 0.4) is 0 Å². The Labute approximate surface area is 105 Å². The molecule has 3 N–H and O–H groups in total. The van der Waals surface area contributed by atoms with Gasteiger partial charge in [-0.25, -0.2) is 0 Å². The Bertz CT molecular complexity index is 466. The Morgan fingerprint density at radius 3 is 2.88 bits per heavy atom. The van der Waals surface area contributed by atoms with Crippen molar-refractivity contribution >= 4 is 23.1 Å². The van der Waals surface area contributed by atoms with Crippen LogP contribution < -0.4 is 11.1 Å². The normalized spacial score (nSPS) is 9.94. The number of nitrogens with one attached hydrogen (secondary N) is 1. The Kier molecular flexibility index (Phi) is 4.95. The summed E-state index contributed by atoms with van der Waals surface area (Å²) >= 11 is 5.85. The van der Waals surface area contributed by atoms with Gasteiger partial charge in [-0.15, -0.1) is 0 Å². The van der Waals surface area contributed by atoms with Gasteiger partial charge in [-0.05, 0) is 25.1 Å². The fourth-order valence-corrected chi connectivity index (χ4v) is 1.57. The Balaban J connectivity index is 2.88. The maximum atomic E-state index is 11.8. The predicted molar refractivity (Wildman–Crippen MR) is 68.1 cm³/mol. The first-order valence-electron chi connectivity index (χ1n) is 5.33. The third kappa shape index (κ3) is 3.45. The molecule has 0 unspecified atom stereocenters. The molecule has 0 saturated heterocycles. The van der Waals surface area contributed by atoms with Crippen LogP contribution in [0.25, 0.3) is 0 Å². The Morgan fingerprint density at radius 1 is 1.59 bits per heavy atom. The number of carbonyl (C=O) groups is 1.